The highest BCUT2D eigenvalue weighted by Crippen LogP contribution is 2.15. The van der Waals surface area contributed by atoms with Gasteiger partial charge < -0.3 is 24.8 Å². The van der Waals surface area contributed by atoms with E-state index in [1.807, 2.05) is 4.90 Å². The Kier molecular flexibility index (Phi) is 5.37. The molecule has 0 aromatic heterocycles. The number of carbonyl (C=O) groups excluding carboxylic acids is 1. The highest BCUT2D eigenvalue weighted by atomic mass is 16.5. The van der Waals surface area contributed by atoms with E-state index in [1.54, 1.807) is 0 Å². The summed E-state index contributed by atoms with van der Waals surface area (Å²) < 4.78 is 10.9. The highest BCUT2D eigenvalue weighted by molar-refractivity contribution is 5.81. The van der Waals surface area contributed by atoms with Crippen molar-refractivity contribution in [2.24, 2.45) is 0 Å². The zero-order chi connectivity index (χ0) is 12.8. The number of rotatable bonds is 4. The maximum atomic E-state index is 12.2. The van der Waals surface area contributed by atoms with Crippen molar-refractivity contribution >= 4 is 5.91 Å². The third kappa shape index (κ3) is 3.65. The van der Waals surface area contributed by atoms with E-state index in [-0.39, 0.29) is 24.7 Å². The van der Waals surface area contributed by atoms with Crippen molar-refractivity contribution in [2.75, 3.05) is 46.0 Å². The van der Waals surface area contributed by atoms with Crippen LogP contribution in [0.1, 0.15) is 12.8 Å². The summed E-state index contributed by atoms with van der Waals surface area (Å²) in [6.45, 7) is 3.91. The number of amides is 1. The largest absolute Gasteiger partial charge is 0.394 e. The van der Waals surface area contributed by atoms with Crippen molar-refractivity contribution in [1.82, 2.24) is 10.2 Å². The first-order chi connectivity index (χ1) is 8.81. The van der Waals surface area contributed by atoms with E-state index in [0.29, 0.717) is 19.8 Å². The molecule has 2 heterocycles. The second-order valence-corrected chi connectivity index (χ2v) is 4.68. The van der Waals surface area contributed by atoms with Crippen molar-refractivity contribution in [2.45, 2.75) is 25.0 Å². The lowest BCUT2D eigenvalue weighted by molar-refractivity contribution is -0.147. The fraction of sp³-hybridized carbons (Fsp3) is 0.917. The van der Waals surface area contributed by atoms with E-state index in [1.165, 1.54) is 0 Å². The van der Waals surface area contributed by atoms with Gasteiger partial charge in [-0.2, -0.15) is 0 Å². The molecule has 1 amide bonds. The van der Waals surface area contributed by atoms with Gasteiger partial charge in [0, 0.05) is 26.2 Å². The third-order valence-electron chi connectivity index (χ3n) is 3.40. The first-order valence-electron chi connectivity index (χ1n) is 6.65. The zero-order valence-electron chi connectivity index (χ0n) is 10.6. The van der Waals surface area contributed by atoms with Crippen LogP contribution in [0, 0.1) is 0 Å². The number of hydrogen-bond acceptors (Lipinski definition) is 5. The van der Waals surface area contributed by atoms with Crippen LogP contribution >= 0.6 is 0 Å². The van der Waals surface area contributed by atoms with Crippen molar-refractivity contribution in [1.29, 1.82) is 0 Å². The highest BCUT2D eigenvalue weighted by Gasteiger charge is 2.29. The molecule has 2 N–H and O–H groups in total. The first kappa shape index (κ1) is 13.7. The Morgan fingerprint density at radius 1 is 1.44 bits per heavy atom. The lowest BCUT2D eigenvalue weighted by atomic mass is 10.1. The fourth-order valence-corrected chi connectivity index (χ4v) is 2.39. The average Bonchev–Trinajstić information content (AvgIpc) is 2.46. The molecule has 1 unspecified atom stereocenters. The van der Waals surface area contributed by atoms with Crippen LogP contribution in [0.3, 0.4) is 0 Å². The quantitative estimate of drug-likeness (QED) is 0.675. The minimum atomic E-state index is -0.325. The third-order valence-corrected chi connectivity index (χ3v) is 3.40. The second-order valence-electron chi connectivity index (χ2n) is 4.68. The molecule has 0 radical (unpaired) electrons. The molecule has 104 valence electrons. The number of aliphatic hydroxyl groups excluding tert-OH is 1. The van der Waals surface area contributed by atoms with E-state index in [4.69, 9.17) is 14.6 Å². The van der Waals surface area contributed by atoms with E-state index >= 15 is 0 Å². The van der Waals surface area contributed by atoms with Crippen LogP contribution in [0.25, 0.3) is 0 Å². The van der Waals surface area contributed by atoms with Crippen LogP contribution in [0.15, 0.2) is 0 Å². The van der Waals surface area contributed by atoms with E-state index in [9.17, 15) is 4.79 Å². The maximum absolute atomic E-state index is 12.2. The summed E-state index contributed by atoms with van der Waals surface area (Å²) in [7, 11) is 0. The number of hydrogen-bond donors (Lipinski definition) is 2. The molecular formula is C12H22N2O4. The molecule has 0 bridgehead atoms. The van der Waals surface area contributed by atoms with Crippen molar-refractivity contribution in [3.63, 3.8) is 0 Å². The van der Waals surface area contributed by atoms with E-state index < -0.39 is 0 Å². The smallest absolute Gasteiger partial charge is 0.253 e. The van der Waals surface area contributed by atoms with Gasteiger partial charge in [-0.1, -0.05) is 0 Å². The normalized spacial score (nSPS) is 26.3. The topological polar surface area (TPSA) is 71.0 Å². The van der Waals surface area contributed by atoms with Crippen LogP contribution in [-0.2, 0) is 14.3 Å². The molecule has 0 aliphatic carbocycles. The standard InChI is InChI=1S/C12H22N2O4/c15-6-8-17-10-1-4-14(5-2-10)12(16)11-9-13-3-7-18-11/h10-11,13,15H,1-9H2. The van der Waals surface area contributed by atoms with Crippen LogP contribution in [-0.4, -0.2) is 74.1 Å². The van der Waals surface area contributed by atoms with Gasteiger partial charge in [-0.25, -0.2) is 0 Å². The summed E-state index contributed by atoms with van der Waals surface area (Å²) in [5.41, 5.74) is 0. The lowest BCUT2D eigenvalue weighted by Gasteiger charge is -2.35. The molecule has 6 heteroatoms. The van der Waals surface area contributed by atoms with Crippen molar-refractivity contribution < 1.29 is 19.4 Å². The van der Waals surface area contributed by atoms with E-state index in [0.717, 1.165) is 32.5 Å². The molecule has 2 rings (SSSR count). The number of carbonyl (C=O) groups is 1. The molecule has 1 atom stereocenters. The van der Waals surface area contributed by atoms with Gasteiger partial charge in [0.15, 0.2) is 0 Å². The van der Waals surface area contributed by atoms with Gasteiger partial charge in [0.2, 0.25) is 0 Å². The number of nitrogens with one attached hydrogen (secondary N) is 1. The Hall–Kier alpha value is -0.690. The summed E-state index contributed by atoms with van der Waals surface area (Å²) in [6.07, 6.45) is 1.53. The summed E-state index contributed by atoms with van der Waals surface area (Å²) in [5, 5.41) is 11.9. The minimum Gasteiger partial charge on any atom is -0.394 e. The predicted octanol–water partition coefficient (Wildman–Crippen LogP) is -1.03. The van der Waals surface area contributed by atoms with Gasteiger partial charge in [-0.3, -0.25) is 4.79 Å². The molecule has 2 aliphatic rings. The van der Waals surface area contributed by atoms with Crippen molar-refractivity contribution in [3.05, 3.63) is 0 Å². The van der Waals surface area contributed by atoms with Gasteiger partial charge >= 0.3 is 0 Å². The fourth-order valence-electron chi connectivity index (χ4n) is 2.39. The molecule has 2 aliphatic heterocycles. The number of aliphatic hydroxyl groups is 1. The summed E-state index contributed by atoms with van der Waals surface area (Å²) in [5.74, 6) is 0.0859. The Labute approximate surface area is 107 Å². The molecule has 0 aromatic rings. The average molecular weight is 258 g/mol. The Balaban J connectivity index is 1.73. The van der Waals surface area contributed by atoms with Crippen LogP contribution in [0.5, 0.6) is 0 Å². The molecule has 0 spiro atoms. The van der Waals surface area contributed by atoms with E-state index in [2.05, 4.69) is 5.32 Å². The van der Waals surface area contributed by atoms with Gasteiger partial charge in [-0.15, -0.1) is 0 Å². The second kappa shape index (κ2) is 7.04. The zero-order valence-corrected chi connectivity index (χ0v) is 10.6. The predicted molar refractivity (Wildman–Crippen MR) is 65.2 cm³/mol. The number of piperidine rings is 1. The minimum absolute atomic E-state index is 0.0563. The Morgan fingerprint density at radius 2 is 2.22 bits per heavy atom. The molecule has 18 heavy (non-hydrogen) atoms. The number of likely N-dealkylation sites (tertiary alicyclic amines) is 1. The first-order valence-corrected chi connectivity index (χ1v) is 6.65. The molecule has 0 saturated carbocycles. The van der Waals surface area contributed by atoms with Gasteiger partial charge in [0.1, 0.15) is 6.10 Å². The SMILES string of the molecule is O=C(C1CNCCO1)N1CCC(OCCO)CC1. The summed E-state index contributed by atoms with van der Waals surface area (Å²) in [6, 6.07) is 0. The monoisotopic (exact) mass is 258 g/mol. The van der Waals surface area contributed by atoms with Crippen LogP contribution < -0.4 is 5.32 Å². The molecular weight excluding hydrogens is 236 g/mol. The van der Waals surface area contributed by atoms with Crippen LogP contribution in [0.4, 0.5) is 0 Å². The number of nitrogens with zero attached hydrogens (tertiary/aromatic N) is 1. The molecule has 2 fully saturated rings. The lowest BCUT2D eigenvalue weighted by Crippen LogP contribution is -2.51. The maximum Gasteiger partial charge on any atom is 0.253 e. The van der Waals surface area contributed by atoms with Gasteiger partial charge in [0.25, 0.3) is 5.91 Å². The van der Waals surface area contributed by atoms with Gasteiger partial charge in [0.05, 0.1) is 25.9 Å². The Bertz CT molecular complexity index is 261. The van der Waals surface area contributed by atoms with Crippen LogP contribution in [0.2, 0.25) is 0 Å². The molecule has 0 aromatic carbocycles. The number of ether oxygens (including phenoxy) is 2. The summed E-state index contributed by atoms with van der Waals surface area (Å²) in [4.78, 5) is 14.0. The molecule has 6 nitrogen and oxygen atoms in total. The van der Waals surface area contributed by atoms with Crippen molar-refractivity contribution in [3.8, 4) is 0 Å². The van der Waals surface area contributed by atoms with Gasteiger partial charge in [-0.05, 0) is 12.8 Å². The Morgan fingerprint density at radius 3 is 2.83 bits per heavy atom. The summed E-state index contributed by atoms with van der Waals surface area (Å²) >= 11 is 0. The molecule has 2 saturated heterocycles. The number of morpholine rings is 1.